The minimum atomic E-state index is 0.00416. The topological polar surface area (TPSA) is 40.9 Å². The smallest absolute Gasteiger partial charge is 0.152 e. The Hall–Kier alpha value is -1.36. The fraction of sp³-hybridized carbons (Fsp3) is 0.333. The van der Waals surface area contributed by atoms with E-state index in [1.807, 2.05) is 6.07 Å². The molecule has 0 bridgehead atoms. The van der Waals surface area contributed by atoms with Gasteiger partial charge in [0.05, 0.1) is 6.07 Å². The van der Waals surface area contributed by atoms with Crippen LogP contribution in [0.1, 0.15) is 20.8 Å². The Morgan fingerprint density at radius 1 is 1.27 bits per heavy atom. The number of nitriles is 1. The van der Waals surface area contributed by atoms with Crippen LogP contribution < -0.4 is 0 Å². The van der Waals surface area contributed by atoms with Gasteiger partial charge in [-0.3, -0.25) is 4.79 Å². The molecule has 0 aliphatic carbocycles. The molecular formula is C9H11NO. The Bertz CT molecular complexity index is 253. The maximum atomic E-state index is 10.5. The average Bonchev–Trinajstić information content (AvgIpc) is 1.85. The molecule has 0 N–H and O–H groups in total. The molecule has 0 amide bonds. The van der Waals surface area contributed by atoms with E-state index in [-0.39, 0.29) is 5.78 Å². The lowest BCUT2D eigenvalue weighted by molar-refractivity contribution is -0.112. The van der Waals surface area contributed by atoms with Crippen LogP contribution in [-0.4, -0.2) is 5.78 Å². The lowest BCUT2D eigenvalue weighted by atomic mass is 10.2. The number of carbonyl (C=O) groups is 1. The number of nitrogens with zero attached hydrogens (tertiary/aromatic N) is 1. The second kappa shape index (κ2) is 4.45. The van der Waals surface area contributed by atoms with Crippen molar-refractivity contribution in [2.75, 3.05) is 0 Å². The van der Waals surface area contributed by atoms with Gasteiger partial charge in [-0.1, -0.05) is 0 Å². The van der Waals surface area contributed by atoms with E-state index in [1.54, 1.807) is 19.9 Å². The molecule has 0 saturated heterocycles. The highest BCUT2D eigenvalue weighted by molar-refractivity contribution is 5.88. The first-order valence-electron chi connectivity index (χ1n) is 3.33. The number of carbonyl (C=O) groups excluding carboxylic acids is 1. The van der Waals surface area contributed by atoms with Crippen LogP contribution in [0.3, 0.4) is 0 Å². The van der Waals surface area contributed by atoms with Crippen LogP contribution in [0.5, 0.6) is 0 Å². The van der Waals surface area contributed by atoms with Gasteiger partial charge < -0.3 is 0 Å². The van der Waals surface area contributed by atoms with Gasteiger partial charge in [-0.25, -0.2) is 0 Å². The van der Waals surface area contributed by atoms with Gasteiger partial charge in [0, 0.05) is 5.57 Å². The highest BCUT2D eigenvalue weighted by Gasteiger charge is 1.88. The Labute approximate surface area is 66.8 Å². The second-order valence-corrected chi connectivity index (χ2v) is 2.44. The van der Waals surface area contributed by atoms with Crippen LogP contribution in [-0.2, 0) is 4.79 Å². The standard InChI is InChI=1S/C9H11NO/c1-7(5-9(3)11)4-8(2)6-10/h4-5H,1-3H3/b7-5+,8-4-. The van der Waals surface area contributed by atoms with E-state index in [0.717, 1.165) is 5.57 Å². The fourth-order valence-corrected chi connectivity index (χ4v) is 0.736. The molecule has 0 heterocycles. The molecule has 2 nitrogen and oxygen atoms in total. The van der Waals surface area contributed by atoms with Crippen LogP contribution in [0.2, 0.25) is 0 Å². The van der Waals surface area contributed by atoms with Crippen molar-refractivity contribution in [2.45, 2.75) is 20.8 Å². The normalized spacial score (nSPS) is 12.5. The minimum Gasteiger partial charge on any atom is -0.295 e. The van der Waals surface area contributed by atoms with Gasteiger partial charge >= 0.3 is 0 Å². The Morgan fingerprint density at radius 3 is 2.18 bits per heavy atom. The Kier molecular flexibility index (Phi) is 3.90. The number of ketones is 1. The van der Waals surface area contributed by atoms with Gasteiger partial charge in [-0.05, 0) is 38.5 Å². The number of hydrogen-bond acceptors (Lipinski definition) is 2. The van der Waals surface area contributed by atoms with Crippen molar-refractivity contribution < 1.29 is 4.79 Å². The molecule has 0 aliphatic rings. The SMILES string of the molecule is CC(=O)/C=C(C)/C=C(/C)C#N. The molecule has 0 fully saturated rings. The van der Waals surface area contributed by atoms with Gasteiger partial charge in [0.2, 0.25) is 0 Å². The van der Waals surface area contributed by atoms with Crippen molar-refractivity contribution in [1.82, 2.24) is 0 Å². The lowest BCUT2D eigenvalue weighted by Crippen LogP contribution is -1.83. The maximum Gasteiger partial charge on any atom is 0.152 e. The zero-order valence-electron chi connectivity index (χ0n) is 7.01. The first-order valence-corrected chi connectivity index (χ1v) is 3.33. The van der Waals surface area contributed by atoms with Crippen LogP contribution in [0.25, 0.3) is 0 Å². The van der Waals surface area contributed by atoms with Crippen molar-refractivity contribution in [2.24, 2.45) is 0 Å². The molecule has 58 valence electrons. The van der Waals surface area contributed by atoms with Crippen LogP contribution in [0.15, 0.2) is 23.3 Å². The summed E-state index contributed by atoms with van der Waals surface area (Å²) in [6, 6.07) is 1.98. The summed E-state index contributed by atoms with van der Waals surface area (Å²) in [5, 5.41) is 8.39. The predicted octanol–water partition coefficient (Wildman–Crippen LogP) is 1.99. The summed E-state index contributed by atoms with van der Waals surface area (Å²) in [5.41, 5.74) is 1.43. The highest BCUT2D eigenvalue weighted by atomic mass is 16.1. The molecule has 2 heteroatoms. The van der Waals surface area contributed by atoms with Crippen molar-refractivity contribution in [1.29, 1.82) is 5.26 Å². The van der Waals surface area contributed by atoms with E-state index < -0.39 is 0 Å². The molecule has 0 radical (unpaired) electrons. The molecule has 11 heavy (non-hydrogen) atoms. The van der Waals surface area contributed by atoms with Crippen molar-refractivity contribution in [3.63, 3.8) is 0 Å². The monoisotopic (exact) mass is 149 g/mol. The van der Waals surface area contributed by atoms with Crippen molar-refractivity contribution >= 4 is 5.78 Å². The molecule has 0 aliphatic heterocycles. The molecule has 0 rings (SSSR count). The van der Waals surface area contributed by atoms with Gasteiger partial charge in [-0.15, -0.1) is 0 Å². The van der Waals surface area contributed by atoms with E-state index >= 15 is 0 Å². The van der Waals surface area contributed by atoms with Crippen molar-refractivity contribution in [3.05, 3.63) is 23.3 Å². The summed E-state index contributed by atoms with van der Waals surface area (Å²) < 4.78 is 0. The first kappa shape index (κ1) is 9.64. The van der Waals surface area contributed by atoms with E-state index in [0.29, 0.717) is 5.57 Å². The number of rotatable bonds is 2. The summed E-state index contributed by atoms with van der Waals surface area (Å²) in [4.78, 5) is 10.5. The van der Waals surface area contributed by atoms with E-state index in [1.165, 1.54) is 13.0 Å². The average molecular weight is 149 g/mol. The summed E-state index contributed by atoms with van der Waals surface area (Å²) in [6.45, 7) is 4.98. The van der Waals surface area contributed by atoms with Crippen LogP contribution in [0, 0.1) is 11.3 Å². The third kappa shape index (κ3) is 5.10. The third-order valence-electron chi connectivity index (χ3n) is 1.05. The number of allylic oxidation sites excluding steroid dienone is 4. The summed E-state index contributed by atoms with van der Waals surface area (Å²) in [5.74, 6) is 0.00416. The van der Waals surface area contributed by atoms with Crippen molar-refractivity contribution in [3.8, 4) is 6.07 Å². The summed E-state index contributed by atoms with van der Waals surface area (Å²) in [6.07, 6.45) is 3.18. The quantitative estimate of drug-likeness (QED) is 0.342. The Morgan fingerprint density at radius 2 is 1.82 bits per heavy atom. The fourth-order valence-electron chi connectivity index (χ4n) is 0.736. The molecule has 0 atom stereocenters. The number of hydrogen-bond donors (Lipinski definition) is 0. The maximum absolute atomic E-state index is 10.5. The second-order valence-electron chi connectivity index (χ2n) is 2.44. The molecule has 0 aromatic rings. The van der Waals surface area contributed by atoms with Gasteiger partial charge in [-0.2, -0.15) is 5.26 Å². The van der Waals surface area contributed by atoms with E-state index in [9.17, 15) is 4.79 Å². The van der Waals surface area contributed by atoms with Crippen LogP contribution >= 0.6 is 0 Å². The molecule has 0 aromatic heterocycles. The molecule has 0 spiro atoms. The molecular weight excluding hydrogens is 138 g/mol. The van der Waals surface area contributed by atoms with E-state index in [4.69, 9.17) is 5.26 Å². The first-order chi connectivity index (χ1) is 5.06. The lowest BCUT2D eigenvalue weighted by Gasteiger charge is -1.89. The van der Waals surface area contributed by atoms with Gasteiger partial charge in [0.25, 0.3) is 0 Å². The minimum absolute atomic E-state index is 0.00416. The third-order valence-corrected chi connectivity index (χ3v) is 1.05. The molecule has 0 unspecified atom stereocenters. The molecule has 0 saturated carbocycles. The predicted molar refractivity (Wildman–Crippen MR) is 43.8 cm³/mol. The van der Waals surface area contributed by atoms with Gasteiger partial charge in [0.15, 0.2) is 5.78 Å². The van der Waals surface area contributed by atoms with Crippen LogP contribution in [0.4, 0.5) is 0 Å². The highest BCUT2D eigenvalue weighted by Crippen LogP contribution is 1.99. The zero-order chi connectivity index (χ0) is 8.85. The van der Waals surface area contributed by atoms with Gasteiger partial charge in [0.1, 0.15) is 0 Å². The van der Waals surface area contributed by atoms with E-state index in [2.05, 4.69) is 0 Å². The Balaban J connectivity index is 4.42. The zero-order valence-corrected chi connectivity index (χ0v) is 7.01. The summed E-state index contributed by atoms with van der Waals surface area (Å²) >= 11 is 0. The largest absolute Gasteiger partial charge is 0.295 e. The molecule has 0 aromatic carbocycles. The summed E-state index contributed by atoms with van der Waals surface area (Å²) in [7, 11) is 0.